The second-order valence-electron chi connectivity index (χ2n) is 3.56. The number of aromatic nitrogens is 3. The fourth-order valence-electron chi connectivity index (χ4n) is 1.70. The molecule has 1 heterocycles. The third-order valence-corrected chi connectivity index (χ3v) is 2.56. The topological polar surface area (TPSA) is 77.0 Å². The minimum Gasteiger partial charge on any atom is -0.505 e. The number of anilines is 1. The lowest BCUT2D eigenvalue weighted by Gasteiger charge is -2.08. The molecule has 0 aliphatic heterocycles. The molecule has 0 bridgehead atoms. The Bertz CT molecular complexity index is 519. The van der Waals surface area contributed by atoms with Crippen LogP contribution in [0.15, 0.2) is 18.2 Å². The molecule has 1 aromatic carbocycles. The molecule has 5 heteroatoms. The van der Waals surface area contributed by atoms with Crippen LogP contribution in [0.1, 0.15) is 12.7 Å². The first kappa shape index (κ1) is 10.5. The van der Waals surface area contributed by atoms with Gasteiger partial charge in [0.15, 0.2) is 5.82 Å². The lowest BCUT2D eigenvalue weighted by atomic mass is 10.1. The molecule has 0 saturated carbocycles. The monoisotopic (exact) mass is 218 g/mol. The van der Waals surface area contributed by atoms with Crippen LogP contribution in [0.4, 0.5) is 5.69 Å². The van der Waals surface area contributed by atoms with Crippen molar-refractivity contribution in [3.63, 3.8) is 0 Å². The average Bonchev–Trinajstić information content (AvgIpc) is 2.63. The number of aryl methyl sites for hydroxylation is 1. The molecule has 0 amide bonds. The molecule has 3 N–H and O–H groups in total. The van der Waals surface area contributed by atoms with Crippen molar-refractivity contribution >= 4 is 5.69 Å². The van der Waals surface area contributed by atoms with Gasteiger partial charge in [0.2, 0.25) is 0 Å². The Balaban J connectivity index is 2.63. The van der Waals surface area contributed by atoms with Gasteiger partial charge in [0, 0.05) is 6.54 Å². The molecule has 0 fully saturated rings. The Labute approximate surface area is 93.5 Å². The van der Waals surface area contributed by atoms with Gasteiger partial charge in [-0.1, -0.05) is 6.07 Å². The number of hydrogen-bond donors (Lipinski definition) is 2. The van der Waals surface area contributed by atoms with E-state index in [0.29, 0.717) is 17.1 Å². The molecule has 84 valence electrons. The van der Waals surface area contributed by atoms with Crippen molar-refractivity contribution < 1.29 is 5.11 Å². The number of nitrogen functional groups attached to an aromatic ring is 1. The summed E-state index contributed by atoms with van der Waals surface area (Å²) in [7, 11) is 0. The molecule has 0 radical (unpaired) electrons. The maximum atomic E-state index is 9.87. The smallest absolute Gasteiger partial charge is 0.167 e. The van der Waals surface area contributed by atoms with E-state index in [1.165, 1.54) is 0 Å². The normalized spacial score (nSPS) is 10.6. The summed E-state index contributed by atoms with van der Waals surface area (Å²) in [6.45, 7) is 4.63. The fourth-order valence-corrected chi connectivity index (χ4v) is 1.70. The molecule has 2 rings (SSSR count). The number of rotatable bonds is 2. The summed E-state index contributed by atoms with van der Waals surface area (Å²) >= 11 is 0. The lowest BCUT2D eigenvalue weighted by molar-refractivity contribution is 0.479. The first-order valence-electron chi connectivity index (χ1n) is 5.12. The van der Waals surface area contributed by atoms with Crippen LogP contribution in [0.25, 0.3) is 11.4 Å². The Morgan fingerprint density at radius 2 is 2.12 bits per heavy atom. The van der Waals surface area contributed by atoms with Gasteiger partial charge in [-0.25, -0.2) is 0 Å². The molecular formula is C11H14N4O. The van der Waals surface area contributed by atoms with Gasteiger partial charge in [-0.15, -0.1) is 10.2 Å². The van der Waals surface area contributed by atoms with Gasteiger partial charge in [-0.3, -0.25) is 0 Å². The van der Waals surface area contributed by atoms with Crippen LogP contribution >= 0.6 is 0 Å². The van der Waals surface area contributed by atoms with Crippen molar-refractivity contribution in [1.82, 2.24) is 14.8 Å². The van der Waals surface area contributed by atoms with Crippen LogP contribution < -0.4 is 5.73 Å². The summed E-state index contributed by atoms with van der Waals surface area (Å²) in [5.41, 5.74) is 6.61. The number of aromatic hydroxyl groups is 1. The van der Waals surface area contributed by atoms with E-state index in [4.69, 9.17) is 5.73 Å². The van der Waals surface area contributed by atoms with Crippen molar-refractivity contribution in [2.24, 2.45) is 0 Å². The highest BCUT2D eigenvalue weighted by Gasteiger charge is 2.14. The Morgan fingerprint density at radius 3 is 2.81 bits per heavy atom. The molecule has 0 unspecified atom stereocenters. The molecule has 0 spiro atoms. The minimum atomic E-state index is 0.0598. The second-order valence-corrected chi connectivity index (χ2v) is 3.56. The zero-order chi connectivity index (χ0) is 11.7. The maximum Gasteiger partial charge on any atom is 0.167 e. The minimum absolute atomic E-state index is 0.0598. The van der Waals surface area contributed by atoms with E-state index in [-0.39, 0.29) is 5.75 Å². The second kappa shape index (κ2) is 3.84. The van der Waals surface area contributed by atoms with Gasteiger partial charge in [0.05, 0.1) is 11.3 Å². The number of hydrogen-bond acceptors (Lipinski definition) is 4. The molecule has 0 saturated heterocycles. The van der Waals surface area contributed by atoms with E-state index in [2.05, 4.69) is 10.2 Å². The summed E-state index contributed by atoms with van der Waals surface area (Å²) in [5.74, 6) is 1.52. The first-order chi connectivity index (χ1) is 7.65. The third-order valence-electron chi connectivity index (χ3n) is 2.56. The van der Waals surface area contributed by atoms with Crippen LogP contribution in [0.5, 0.6) is 5.75 Å². The fraction of sp³-hybridized carbons (Fsp3) is 0.273. The summed E-state index contributed by atoms with van der Waals surface area (Å²) in [5, 5.41) is 17.9. The van der Waals surface area contributed by atoms with Crippen molar-refractivity contribution in [2.45, 2.75) is 20.4 Å². The predicted octanol–water partition coefficient (Wildman–Crippen LogP) is 1.56. The van der Waals surface area contributed by atoms with E-state index in [0.717, 1.165) is 12.4 Å². The first-order valence-corrected chi connectivity index (χ1v) is 5.12. The van der Waals surface area contributed by atoms with Crippen molar-refractivity contribution in [2.75, 3.05) is 5.73 Å². The van der Waals surface area contributed by atoms with Gasteiger partial charge < -0.3 is 15.4 Å². The van der Waals surface area contributed by atoms with Gasteiger partial charge in [0.1, 0.15) is 11.6 Å². The molecule has 1 aromatic heterocycles. The number of nitrogens with two attached hydrogens (primary N) is 1. The lowest BCUT2D eigenvalue weighted by Crippen LogP contribution is -2.00. The quantitative estimate of drug-likeness (QED) is 0.592. The van der Waals surface area contributed by atoms with Crippen LogP contribution in [0.3, 0.4) is 0 Å². The largest absolute Gasteiger partial charge is 0.505 e. The van der Waals surface area contributed by atoms with Crippen LogP contribution in [0.2, 0.25) is 0 Å². The van der Waals surface area contributed by atoms with Crippen LogP contribution in [0, 0.1) is 6.92 Å². The molecular weight excluding hydrogens is 204 g/mol. The number of phenolic OH excluding ortho intramolecular Hbond substituents is 1. The van der Waals surface area contributed by atoms with Gasteiger partial charge in [-0.2, -0.15) is 0 Å². The highest BCUT2D eigenvalue weighted by Crippen LogP contribution is 2.32. The van der Waals surface area contributed by atoms with Gasteiger partial charge in [-0.05, 0) is 26.0 Å². The highest BCUT2D eigenvalue weighted by molar-refractivity contribution is 5.72. The predicted molar refractivity (Wildman–Crippen MR) is 61.9 cm³/mol. The molecule has 0 atom stereocenters. The number of benzene rings is 1. The molecule has 5 nitrogen and oxygen atoms in total. The summed E-state index contributed by atoms with van der Waals surface area (Å²) in [6.07, 6.45) is 0. The number of para-hydroxylation sites is 1. The summed E-state index contributed by atoms with van der Waals surface area (Å²) in [6, 6.07) is 5.22. The highest BCUT2D eigenvalue weighted by atomic mass is 16.3. The van der Waals surface area contributed by atoms with Crippen molar-refractivity contribution in [3.8, 4) is 17.1 Å². The van der Waals surface area contributed by atoms with E-state index in [9.17, 15) is 5.11 Å². The number of phenols is 1. The Morgan fingerprint density at radius 1 is 1.38 bits per heavy atom. The Kier molecular flexibility index (Phi) is 2.52. The molecule has 2 aromatic rings. The van der Waals surface area contributed by atoms with Gasteiger partial charge >= 0.3 is 0 Å². The van der Waals surface area contributed by atoms with E-state index < -0.39 is 0 Å². The van der Waals surface area contributed by atoms with Gasteiger partial charge in [0.25, 0.3) is 0 Å². The standard InChI is InChI=1S/C11H14N4O/c1-3-15-7(2)13-14-11(15)8-5-4-6-9(12)10(8)16/h4-6,16H,3,12H2,1-2H3. The van der Waals surface area contributed by atoms with Crippen LogP contribution in [-0.2, 0) is 6.54 Å². The van der Waals surface area contributed by atoms with Crippen LogP contribution in [-0.4, -0.2) is 19.9 Å². The van der Waals surface area contributed by atoms with E-state index in [1.807, 2.05) is 18.4 Å². The van der Waals surface area contributed by atoms with E-state index >= 15 is 0 Å². The maximum absolute atomic E-state index is 9.87. The Hall–Kier alpha value is -2.04. The molecule has 0 aliphatic carbocycles. The van der Waals surface area contributed by atoms with E-state index in [1.54, 1.807) is 18.2 Å². The molecule has 16 heavy (non-hydrogen) atoms. The molecule has 0 aliphatic rings. The third kappa shape index (κ3) is 1.50. The zero-order valence-electron chi connectivity index (χ0n) is 9.31. The average molecular weight is 218 g/mol. The zero-order valence-corrected chi connectivity index (χ0v) is 9.31. The van der Waals surface area contributed by atoms with Crippen molar-refractivity contribution in [1.29, 1.82) is 0 Å². The number of nitrogens with zero attached hydrogens (tertiary/aromatic N) is 3. The summed E-state index contributed by atoms with van der Waals surface area (Å²) < 4.78 is 1.93. The SMILES string of the molecule is CCn1c(C)nnc1-c1cccc(N)c1O. The van der Waals surface area contributed by atoms with Crippen molar-refractivity contribution in [3.05, 3.63) is 24.0 Å². The summed E-state index contributed by atoms with van der Waals surface area (Å²) in [4.78, 5) is 0.